The van der Waals surface area contributed by atoms with E-state index in [1.165, 1.54) is 25.7 Å². The molecule has 3 N–H and O–H groups in total. The van der Waals surface area contributed by atoms with E-state index in [1.54, 1.807) is 0 Å². The minimum Gasteiger partial charge on any atom is -0.350 e. The molecule has 1 unspecified atom stereocenters. The number of hydrogen-bond donors (Lipinski definition) is 3. The van der Waals surface area contributed by atoms with Crippen LogP contribution >= 0.6 is 0 Å². The number of rotatable bonds is 6. The molecule has 0 radical (unpaired) electrons. The zero-order valence-corrected chi connectivity index (χ0v) is 20.6. The second-order valence-corrected chi connectivity index (χ2v) is 12.1. The first-order valence-electron chi connectivity index (χ1n) is 12.3. The van der Waals surface area contributed by atoms with Gasteiger partial charge < -0.3 is 20.9 Å². The van der Waals surface area contributed by atoms with Gasteiger partial charge in [0, 0.05) is 18.0 Å². The summed E-state index contributed by atoms with van der Waals surface area (Å²) < 4.78 is 38.8. The van der Waals surface area contributed by atoms with E-state index in [0.717, 1.165) is 25.7 Å². The highest BCUT2D eigenvalue weighted by atomic mass is 19.4. The smallest absolute Gasteiger partial charge is 0.350 e. The van der Waals surface area contributed by atoms with Gasteiger partial charge in [0.2, 0.25) is 17.7 Å². The first kappa shape index (κ1) is 26.2. The van der Waals surface area contributed by atoms with E-state index in [2.05, 4.69) is 10.6 Å². The molecule has 2 aliphatic heterocycles. The SMILES string of the molecule is CC(C)(C)[C@H](NC(=O)C(F)(F)F)C(=O)N1CC2(CC2)CC1C(=O)N[C@H](C#N)C[C@@H]1CC2(CC2)NC1=O. The number of alkyl halides is 3. The van der Waals surface area contributed by atoms with Crippen molar-refractivity contribution < 1.29 is 32.3 Å². The van der Waals surface area contributed by atoms with E-state index >= 15 is 0 Å². The Morgan fingerprint density at radius 2 is 1.78 bits per heavy atom. The Balaban J connectivity index is 1.47. The van der Waals surface area contributed by atoms with Crippen molar-refractivity contribution in [2.24, 2.45) is 16.7 Å². The summed E-state index contributed by atoms with van der Waals surface area (Å²) in [4.78, 5) is 52.0. The summed E-state index contributed by atoms with van der Waals surface area (Å²) in [5.74, 6) is -4.08. The van der Waals surface area contributed by atoms with Crippen LogP contribution in [0.3, 0.4) is 0 Å². The van der Waals surface area contributed by atoms with Gasteiger partial charge in [-0.05, 0) is 55.8 Å². The lowest BCUT2D eigenvalue weighted by atomic mass is 9.85. The van der Waals surface area contributed by atoms with Gasteiger partial charge in [-0.2, -0.15) is 18.4 Å². The van der Waals surface area contributed by atoms with Crippen LogP contribution in [0.2, 0.25) is 0 Å². The third kappa shape index (κ3) is 5.30. The summed E-state index contributed by atoms with van der Waals surface area (Å²) >= 11 is 0. The number of amides is 4. The van der Waals surface area contributed by atoms with Gasteiger partial charge in [-0.3, -0.25) is 19.2 Å². The molecule has 4 atom stereocenters. The molecule has 2 spiro atoms. The molecule has 4 aliphatic rings. The molecule has 0 bridgehead atoms. The third-order valence-corrected chi connectivity index (χ3v) is 7.94. The number of carbonyl (C=O) groups is 4. The Kier molecular flexibility index (Phi) is 6.29. The van der Waals surface area contributed by atoms with Crippen LogP contribution in [0.4, 0.5) is 13.2 Å². The van der Waals surface area contributed by atoms with Crippen molar-refractivity contribution in [1.82, 2.24) is 20.9 Å². The number of likely N-dealkylation sites (tertiary alicyclic amines) is 1. The van der Waals surface area contributed by atoms with E-state index in [4.69, 9.17) is 0 Å². The molecule has 4 fully saturated rings. The lowest BCUT2D eigenvalue weighted by molar-refractivity contribution is -0.176. The molecule has 0 aromatic rings. The molecule has 198 valence electrons. The largest absolute Gasteiger partial charge is 0.471 e. The molecule has 0 aromatic carbocycles. The molecule has 0 aromatic heterocycles. The van der Waals surface area contributed by atoms with Gasteiger partial charge >= 0.3 is 12.1 Å². The lowest BCUT2D eigenvalue weighted by Gasteiger charge is -2.35. The summed E-state index contributed by atoms with van der Waals surface area (Å²) in [6.45, 7) is 4.81. The van der Waals surface area contributed by atoms with E-state index in [9.17, 15) is 37.6 Å². The predicted molar refractivity (Wildman–Crippen MR) is 120 cm³/mol. The zero-order chi connectivity index (χ0) is 26.7. The van der Waals surface area contributed by atoms with Crippen LogP contribution in [0, 0.1) is 28.1 Å². The van der Waals surface area contributed by atoms with Gasteiger partial charge in [0.1, 0.15) is 18.1 Å². The molecular formula is C24H32F3N5O4. The van der Waals surface area contributed by atoms with Gasteiger partial charge in [-0.1, -0.05) is 20.8 Å². The summed E-state index contributed by atoms with van der Waals surface area (Å²) in [6.07, 6.45) is -0.700. The molecule has 36 heavy (non-hydrogen) atoms. The Bertz CT molecular complexity index is 1010. The molecule has 2 heterocycles. The average Bonchev–Trinajstić information content (AvgIpc) is 3.62. The first-order chi connectivity index (χ1) is 16.6. The van der Waals surface area contributed by atoms with Crippen molar-refractivity contribution in [2.75, 3.05) is 6.54 Å². The van der Waals surface area contributed by atoms with E-state index in [0.29, 0.717) is 12.8 Å². The molecule has 12 heteroatoms. The second kappa shape index (κ2) is 8.63. The van der Waals surface area contributed by atoms with Gasteiger partial charge in [0.25, 0.3) is 0 Å². The monoisotopic (exact) mass is 511 g/mol. The third-order valence-electron chi connectivity index (χ3n) is 7.94. The maximum atomic E-state index is 13.5. The Hall–Kier alpha value is -2.84. The minimum absolute atomic E-state index is 0.134. The fraction of sp³-hybridized carbons (Fsp3) is 0.792. The number of nitrogens with one attached hydrogen (secondary N) is 3. The zero-order valence-electron chi connectivity index (χ0n) is 20.6. The van der Waals surface area contributed by atoms with Crippen molar-refractivity contribution in [3.63, 3.8) is 0 Å². The standard InChI is InChI=1S/C24H32F3N5O4/c1-21(2,3)16(30-20(36)24(25,26)27)19(35)32-12-22(4-5-22)10-15(32)18(34)29-14(11-28)8-13-9-23(6-7-23)31-17(13)33/h13-16H,4-10,12H2,1-3H3,(H,29,34)(H,30,36)(H,31,33)/t13-,14+,15?,16-/m1/s1. The molecule has 9 nitrogen and oxygen atoms in total. The Labute approximate surface area is 207 Å². The van der Waals surface area contributed by atoms with Gasteiger partial charge in [0.15, 0.2) is 0 Å². The summed E-state index contributed by atoms with van der Waals surface area (Å²) in [7, 11) is 0. The minimum atomic E-state index is -5.16. The lowest BCUT2D eigenvalue weighted by Crippen LogP contribution is -2.59. The van der Waals surface area contributed by atoms with Crippen LogP contribution in [0.1, 0.15) is 65.7 Å². The van der Waals surface area contributed by atoms with Crippen molar-refractivity contribution in [2.45, 2.75) is 95.6 Å². The molecule has 4 amide bonds. The quantitative estimate of drug-likeness (QED) is 0.498. The van der Waals surface area contributed by atoms with Gasteiger partial charge in [-0.15, -0.1) is 0 Å². The maximum Gasteiger partial charge on any atom is 0.471 e. The highest BCUT2D eigenvalue weighted by Gasteiger charge is 2.57. The molecule has 4 rings (SSSR count). The van der Waals surface area contributed by atoms with Crippen molar-refractivity contribution in [1.29, 1.82) is 5.26 Å². The molecule has 2 saturated heterocycles. The fourth-order valence-electron chi connectivity index (χ4n) is 5.43. The predicted octanol–water partition coefficient (Wildman–Crippen LogP) is 1.53. The Morgan fingerprint density at radius 3 is 2.25 bits per heavy atom. The number of nitrogens with zero attached hydrogens (tertiary/aromatic N) is 2. The molecule has 2 aliphatic carbocycles. The van der Waals surface area contributed by atoms with Crippen LogP contribution in [0.25, 0.3) is 0 Å². The first-order valence-corrected chi connectivity index (χ1v) is 12.3. The van der Waals surface area contributed by atoms with Crippen molar-refractivity contribution >= 4 is 23.6 Å². The summed E-state index contributed by atoms with van der Waals surface area (Å²) in [5, 5.41) is 17.1. The second-order valence-electron chi connectivity index (χ2n) is 12.1. The van der Waals surface area contributed by atoms with Gasteiger partial charge in [-0.25, -0.2) is 0 Å². The van der Waals surface area contributed by atoms with E-state index < -0.39 is 53.4 Å². The average molecular weight is 512 g/mol. The number of hydrogen-bond acceptors (Lipinski definition) is 5. The number of carbonyl (C=O) groups excluding carboxylic acids is 4. The molecule has 2 saturated carbocycles. The number of nitriles is 1. The van der Waals surface area contributed by atoms with Crippen LogP contribution in [0.15, 0.2) is 0 Å². The van der Waals surface area contributed by atoms with Gasteiger partial charge in [0.05, 0.1) is 6.07 Å². The van der Waals surface area contributed by atoms with Crippen molar-refractivity contribution in [3.05, 3.63) is 0 Å². The van der Waals surface area contributed by atoms with Crippen LogP contribution < -0.4 is 16.0 Å². The van der Waals surface area contributed by atoms with Crippen LogP contribution in [-0.2, 0) is 19.2 Å². The summed E-state index contributed by atoms with van der Waals surface area (Å²) in [6, 6.07) is -1.40. The van der Waals surface area contributed by atoms with Crippen LogP contribution in [-0.4, -0.2) is 64.9 Å². The topological polar surface area (TPSA) is 131 Å². The van der Waals surface area contributed by atoms with Crippen molar-refractivity contribution in [3.8, 4) is 6.07 Å². The Morgan fingerprint density at radius 1 is 1.14 bits per heavy atom. The maximum absolute atomic E-state index is 13.5. The normalized spacial score (nSPS) is 27.2. The van der Waals surface area contributed by atoms with E-state index in [-0.39, 0.29) is 29.8 Å². The highest BCUT2D eigenvalue weighted by molar-refractivity contribution is 5.94. The molecular weight excluding hydrogens is 479 g/mol. The van der Waals surface area contributed by atoms with Crippen LogP contribution in [0.5, 0.6) is 0 Å². The highest BCUT2D eigenvalue weighted by Crippen LogP contribution is 2.55. The van der Waals surface area contributed by atoms with E-state index in [1.807, 2.05) is 11.4 Å². The fourth-order valence-corrected chi connectivity index (χ4v) is 5.43. The summed E-state index contributed by atoms with van der Waals surface area (Å²) in [5.41, 5.74) is -1.50. The number of halogens is 3.